The second-order valence-electron chi connectivity index (χ2n) is 6.58. The van der Waals surface area contributed by atoms with Gasteiger partial charge in [0.25, 0.3) is 0 Å². The SMILES string of the molecule is COc1ccccc1Nc1nnc(SCC(=O)NCC(=O)Nc2c(C)cccc2C)s1. The van der Waals surface area contributed by atoms with Crippen molar-refractivity contribution >= 4 is 51.4 Å². The number of rotatable bonds is 9. The monoisotopic (exact) mass is 457 g/mol. The van der Waals surface area contributed by atoms with Crippen LogP contribution in [0.15, 0.2) is 46.8 Å². The van der Waals surface area contributed by atoms with Gasteiger partial charge in [-0.1, -0.05) is 53.4 Å². The maximum Gasteiger partial charge on any atom is 0.243 e. The molecule has 31 heavy (non-hydrogen) atoms. The number of para-hydroxylation sites is 3. The molecule has 0 bridgehead atoms. The molecule has 0 fully saturated rings. The molecule has 0 unspecified atom stereocenters. The highest BCUT2D eigenvalue weighted by molar-refractivity contribution is 8.01. The first-order chi connectivity index (χ1) is 15.0. The van der Waals surface area contributed by atoms with Crippen LogP contribution < -0.4 is 20.7 Å². The van der Waals surface area contributed by atoms with Crippen LogP contribution in [0.3, 0.4) is 0 Å². The fourth-order valence-electron chi connectivity index (χ4n) is 2.73. The molecule has 0 spiro atoms. The minimum Gasteiger partial charge on any atom is -0.495 e. The Hall–Kier alpha value is -3.11. The summed E-state index contributed by atoms with van der Waals surface area (Å²) in [7, 11) is 1.60. The molecule has 3 N–H and O–H groups in total. The summed E-state index contributed by atoms with van der Waals surface area (Å²) in [5.74, 6) is 0.316. The molecule has 0 radical (unpaired) electrons. The predicted molar refractivity (Wildman–Crippen MR) is 124 cm³/mol. The Morgan fingerprint density at radius 2 is 1.77 bits per heavy atom. The molecule has 1 aromatic heterocycles. The molecule has 162 valence electrons. The van der Waals surface area contributed by atoms with Crippen molar-refractivity contribution in [1.29, 1.82) is 0 Å². The van der Waals surface area contributed by atoms with Crippen LogP contribution in [0.5, 0.6) is 5.75 Å². The molecule has 8 nitrogen and oxygen atoms in total. The highest BCUT2D eigenvalue weighted by Crippen LogP contribution is 2.31. The van der Waals surface area contributed by atoms with E-state index in [1.54, 1.807) is 7.11 Å². The van der Waals surface area contributed by atoms with E-state index in [0.29, 0.717) is 15.2 Å². The summed E-state index contributed by atoms with van der Waals surface area (Å²) in [6.07, 6.45) is 0. The van der Waals surface area contributed by atoms with Crippen molar-refractivity contribution < 1.29 is 14.3 Å². The molecule has 10 heteroatoms. The maximum atomic E-state index is 12.2. The van der Waals surface area contributed by atoms with Gasteiger partial charge >= 0.3 is 0 Å². The quantitative estimate of drug-likeness (QED) is 0.420. The van der Waals surface area contributed by atoms with E-state index in [9.17, 15) is 9.59 Å². The highest BCUT2D eigenvalue weighted by Gasteiger charge is 2.12. The first kappa shape index (κ1) is 22.6. The van der Waals surface area contributed by atoms with Gasteiger partial charge in [0.1, 0.15) is 5.75 Å². The fraction of sp³-hybridized carbons (Fsp3) is 0.238. The zero-order valence-electron chi connectivity index (χ0n) is 17.4. The van der Waals surface area contributed by atoms with E-state index >= 15 is 0 Å². The number of carbonyl (C=O) groups is 2. The Morgan fingerprint density at radius 1 is 1.03 bits per heavy atom. The van der Waals surface area contributed by atoms with Gasteiger partial charge in [-0.2, -0.15) is 0 Å². The largest absolute Gasteiger partial charge is 0.495 e. The van der Waals surface area contributed by atoms with Gasteiger partial charge in [-0.05, 0) is 37.1 Å². The lowest BCUT2D eigenvalue weighted by molar-refractivity contribution is -0.122. The van der Waals surface area contributed by atoms with Crippen molar-refractivity contribution in [1.82, 2.24) is 15.5 Å². The van der Waals surface area contributed by atoms with Crippen LogP contribution >= 0.6 is 23.1 Å². The van der Waals surface area contributed by atoms with Gasteiger partial charge in [-0.3, -0.25) is 9.59 Å². The number of aromatic nitrogens is 2. The van der Waals surface area contributed by atoms with Gasteiger partial charge in [0.2, 0.25) is 16.9 Å². The number of methoxy groups -OCH3 is 1. The predicted octanol–water partition coefficient (Wildman–Crippen LogP) is 3.75. The van der Waals surface area contributed by atoms with Crippen LogP contribution in [-0.2, 0) is 9.59 Å². The summed E-state index contributed by atoms with van der Waals surface area (Å²) in [5, 5.41) is 17.4. The number of carbonyl (C=O) groups excluding carboxylic acids is 2. The molecule has 0 atom stereocenters. The number of nitrogens with one attached hydrogen (secondary N) is 3. The number of amides is 2. The van der Waals surface area contributed by atoms with E-state index in [1.807, 2.05) is 56.3 Å². The van der Waals surface area contributed by atoms with E-state index in [0.717, 1.165) is 22.5 Å². The number of anilines is 3. The number of benzene rings is 2. The van der Waals surface area contributed by atoms with Crippen molar-refractivity contribution in [3.8, 4) is 5.75 Å². The zero-order chi connectivity index (χ0) is 22.2. The third-order valence-corrected chi connectivity index (χ3v) is 6.25. The molecular weight excluding hydrogens is 434 g/mol. The molecule has 0 aliphatic rings. The van der Waals surface area contributed by atoms with Gasteiger partial charge in [-0.25, -0.2) is 0 Å². The standard InChI is InChI=1S/C21H23N5O3S2/c1-13-7-6-8-14(2)19(13)24-17(27)11-22-18(28)12-30-21-26-25-20(31-21)23-15-9-4-5-10-16(15)29-3/h4-10H,11-12H2,1-3H3,(H,22,28)(H,23,25)(H,24,27). The van der Waals surface area contributed by atoms with E-state index in [4.69, 9.17) is 4.74 Å². The fourth-order valence-corrected chi connectivity index (χ4v) is 4.33. The lowest BCUT2D eigenvalue weighted by atomic mass is 10.1. The molecule has 2 aromatic carbocycles. The lowest BCUT2D eigenvalue weighted by Gasteiger charge is -2.11. The van der Waals surface area contributed by atoms with Gasteiger partial charge in [0, 0.05) is 5.69 Å². The minimum atomic E-state index is -0.269. The molecular formula is C21H23N5O3S2. The second-order valence-corrected chi connectivity index (χ2v) is 8.78. The summed E-state index contributed by atoms with van der Waals surface area (Å²) >= 11 is 2.59. The average Bonchev–Trinajstić information content (AvgIpc) is 3.21. The van der Waals surface area contributed by atoms with E-state index in [-0.39, 0.29) is 24.1 Å². The molecule has 3 rings (SSSR count). The van der Waals surface area contributed by atoms with Crippen molar-refractivity contribution in [3.05, 3.63) is 53.6 Å². The first-order valence-electron chi connectivity index (χ1n) is 9.45. The summed E-state index contributed by atoms with van der Waals surface area (Å²) in [6, 6.07) is 13.3. The van der Waals surface area contributed by atoms with Crippen molar-refractivity contribution in [3.63, 3.8) is 0 Å². The molecule has 0 aliphatic heterocycles. The number of hydrogen-bond donors (Lipinski definition) is 3. The molecule has 1 heterocycles. The van der Waals surface area contributed by atoms with Crippen LogP contribution in [0.4, 0.5) is 16.5 Å². The third-order valence-electron chi connectivity index (χ3n) is 4.27. The number of thioether (sulfide) groups is 1. The van der Waals surface area contributed by atoms with Gasteiger partial charge < -0.3 is 20.7 Å². The van der Waals surface area contributed by atoms with Crippen LogP contribution in [0.25, 0.3) is 0 Å². The van der Waals surface area contributed by atoms with Crippen molar-refractivity contribution in [2.24, 2.45) is 0 Å². The zero-order valence-corrected chi connectivity index (χ0v) is 19.0. The Bertz CT molecular complexity index is 1050. The van der Waals surface area contributed by atoms with Crippen molar-refractivity contribution in [2.45, 2.75) is 18.2 Å². The van der Waals surface area contributed by atoms with Gasteiger partial charge in [0.05, 0.1) is 25.1 Å². The lowest BCUT2D eigenvalue weighted by Crippen LogP contribution is -2.34. The van der Waals surface area contributed by atoms with E-state index < -0.39 is 0 Å². The summed E-state index contributed by atoms with van der Waals surface area (Å²) in [5.41, 5.74) is 3.51. The molecule has 0 aliphatic carbocycles. The Balaban J connectivity index is 1.44. The number of aryl methyl sites for hydroxylation is 2. The Labute approximate surface area is 188 Å². The number of nitrogens with zero attached hydrogens (tertiary/aromatic N) is 2. The normalized spacial score (nSPS) is 10.4. The second kappa shape index (κ2) is 10.8. The molecule has 3 aromatic rings. The van der Waals surface area contributed by atoms with E-state index in [1.165, 1.54) is 23.1 Å². The maximum absolute atomic E-state index is 12.2. The van der Waals surface area contributed by atoms with Crippen LogP contribution in [0, 0.1) is 13.8 Å². The van der Waals surface area contributed by atoms with Gasteiger partial charge in [-0.15, -0.1) is 10.2 Å². The Kier molecular flexibility index (Phi) is 7.85. The summed E-state index contributed by atoms with van der Waals surface area (Å²) in [4.78, 5) is 24.3. The number of ether oxygens (including phenoxy) is 1. The smallest absolute Gasteiger partial charge is 0.243 e. The van der Waals surface area contributed by atoms with Gasteiger partial charge in [0.15, 0.2) is 4.34 Å². The Morgan fingerprint density at radius 3 is 2.52 bits per heavy atom. The van der Waals surface area contributed by atoms with E-state index in [2.05, 4.69) is 26.1 Å². The minimum absolute atomic E-state index is 0.0934. The topological polar surface area (TPSA) is 105 Å². The number of hydrogen-bond acceptors (Lipinski definition) is 8. The first-order valence-corrected chi connectivity index (χ1v) is 11.3. The average molecular weight is 458 g/mol. The van der Waals surface area contributed by atoms with Crippen LogP contribution in [0.1, 0.15) is 11.1 Å². The van der Waals surface area contributed by atoms with Crippen molar-refractivity contribution in [2.75, 3.05) is 30.0 Å². The third kappa shape index (κ3) is 6.43. The van der Waals surface area contributed by atoms with Crippen LogP contribution in [-0.4, -0.2) is 41.4 Å². The molecule has 2 amide bonds. The molecule has 0 saturated heterocycles. The van der Waals surface area contributed by atoms with Crippen LogP contribution in [0.2, 0.25) is 0 Å². The highest BCUT2D eigenvalue weighted by atomic mass is 32.2. The summed E-state index contributed by atoms with van der Waals surface area (Å²) in [6.45, 7) is 3.76. The summed E-state index contributed by atoms with van der Waals surface area (Å²) < 4.78 is 5.95. The molecule has 0 saturated carbocycles.